The summed E-state index contributed by atoms with van der Waals surface area (Å²) < 4.78 is 64.5. The van der Waals surface area contributed by atoms with E-state index in [0.717, 1.165) is 0 Å². The summed E-state index contributed by atoms with van der Waals surface area (Å²) in [6.07, 6.45) is -0.465. The minimum absolute atomic E-state index is 0.0437. The van der Waals surface area contributed by atoms with E-state index in [4.69, 9.17) is 14.2 Å². The van der Waals surface area contributed by atoms with Crippen molar-refractivity contribution in [3.8, 4) is 11.5 Å². The van der Waals surface area contributed by atoms with Crippen LogP contribution in [0.1, 0.15) is 26.7 Å². The van der Waals surface area contributed by atoms with Gasteiger partial charge in [0.25, 0.3) is 0 Å². The summed E-state index contributed by atoms with van der Waals surface area (Å²) in [6, 6.07) is 11.3. The van der Waals surface area contributed by atoms with Crippen molar-refractivity contribution in [3.05, 3.63) is 48.5 Å². The molecule has 2 aromatic rings. The topological polar surface area (TPSA) is 130 Å². The van der Waals surface area contributed by atoms with E-state index >= 15 is 0 Å². The maximum atomic E-state index is 12.3. The predicted molar refractivity (Wildman–Crippen MR) is 120 cm³/mol. The van der Waals surface area contributed by atoms with Crippen LogP contribution in [-0.4, -0.2) is 53.5 Å². The highest BCUT2D eigenvalue weighted by atomic mass is 32.2. The summed E-state index contributed by atoms with van der Waals surface area (Å²) in [5.41, 5.74) is 0. The average molecular weight is 499 g/mol. The molecule has 0 unspecified atom stereocenters. The Hall–Kier alpha value is -2.92. The van der Waals surface area contributed by atoms with Gasteiger partial charge in [0.2, 0.25) is 0 Å². The smallest absolute Gasteiger partial charge is 0.306 e. The van der Waals surface area contributed by atoms with Crippen LogP contribution in [0.5, 0.6) is 11.5 Å². The van der Waals surface area contributed by atoms with Crippen molar-refractivity contribution >= 4 is 31.6 Å². The lowest BCUT2D eigenvalue weighted by Crippen LogP contribution is -2.13. The summed E-state index contributed by atoms with van der Waals surface area (Å²) in [5, 5.41) is 0. The Labute approximate surface area is 193 Å². The summed E-state index contributed by atoms with van der Waals surface area (Å²) in [5.74, 6) is -1.19. The second kappa shape index (κ2) is 11.8. The molecular weight excluding hydrogens is 472 g/mol. The molecule has 11 heteroatoms. The van der Waals surface area contributed by atoms with Gasteiger partial charge in [-0.2, -0.15) is 0 Å². The molecular formula is C22H26O9S2. The molecule has 9 nitrogen and oxygen atoms in total. The van der Waals surface area contributed by atoms with Crippen LogP contribution in [0.25, 0.3) is 0 Å². The largest absolute Gasteiger partial charge is 0.466 e. The maximum Gasteiger partial charge on any atom is 0.306 e. The van der Waals surface area contributed by atoms with Crippen molar-refractivity contribution in [2.45, 2.75) is 36.5 Å². The first-order valence-corrected chi connectivity index (χ1v) is 13.5. The van der Waals surface area contributed by atoms with E-state index in [0.29, 0.717) is 11.5 Å². The van der Waals surface area contributed by atoms with Crippen LogP contribution >= 0.6 is 0 Å². The molecule has 0 radical (unpaired) electrons. The van der Waals surface area contributed by atoms with E-state index < -0.39 is 31.6 Å². The van der Waals surface area contributed by atoms with E-state index in [1.165, 1.54) is 48.5 Å². The fourth-order valence-corrected chi connectivity index (χ4v) is 5.15. The molecule has 0 bridgehead atoms. The third-order valence-corrected chi connectivity index (χ3v) is 7.83. The Balaban J connectivity index is 2.00. The summed E-state index contributed by atoms with van der Waals surface area (Å²) in [7, 11) is -7.31. The van der Waals surface area contributed by atoms with Crippen molar-refractivity contribution < 1.29 is 40.6 Å². The third-order valence-electron chi connectivity index (χ3n) is 4.36. The van der Waals surface area contributed by atoms with E-state index in [2.05, 4.69) is 0 Å². The standard InChI is InChI=1S/C22H26O9S2/c1-3-29-21(23)13-15-32(25,26)19-9-5-17(6-10-19)31-18-7-11-20(12-8-18)33(27,28)16-14-22(24)30-4-2/h5-12H,3-4,13-16H2,1-2H3. The predicted octanol–water partition coefficient (Wildman–Crippen LogP) is 2.93. The fraction of sp³-hybridized carbons (Fsp3) is 0.364. The lowest BCUT2D eigenvalue weighted by Gasteiger charge is -2.09. The van der Waals surface area contributed by atoms with E-state index in [-0.39, 0.29) is 47.4 Å². The monoisotopic (exact) mass is 498 g/mol. The Morgan fingerprint density at radius 2 is 0.970 bits per heavy atom. The zero-order valence-corrected chi connectivity index (χ0v) is 20.0. The van der Waals surface area contributed by atoms with Crippen LogP contribution in [0.15, 0.2) is 58.3 Å². The van der Waals surface area contributed by atoms with Crippen LogP contribution in [0.2, 0.25) is 0 Å². The first-order chi connectivity index (χ1) is 15.6. The number of hydrogen-bond donors (Lipinski definition) is 0. The molecule has 0 atom stereocenters. The second-order valence-electron chi connectivity index (χ2n) is 6.79. The maximum absolute atomic E-state index is 12.3. The summed E-state index contributed by atoms with van der Waals surface area (Å²) >= 11 is 0. The Morgan fingerprint density at radius 3 is 1.27 bits per heavy atom. The summed E-state index contributed by atoms with van der Waals surface area (Å²) in [4.78, 5) is 22.9. The number of sulfone groups is 2. The molecule has 0 spiro atoms. The Kier molecular flexibility index (Phi) is 9.42. The third kappa shape index (κ3) is 8.17. The highest BCUT2D eigenvalue weighted by Crippen LogP contribution is 2.25. The fourth-order valence-electron chi connectivity index (χ4n) is 2.70. The first kappa shape index (κ1) is 26.3. The number of carbonyl (C=O) groups excluding carboxylic acids is 2. The average Bonchev–Trinajstić information content (AvgIpc) is 2.78. The number of hydrogen-bond acceptors (Lipinski definition) is 9. The molecule has 0 aliphatic carbocycles. The molecule has 0 aliphatic heterocycles. The van der Waals surface area contributed by atoms with E-state index in [1.54, 1.807) is 13.8 Å². The molecule has 180 valence electrons. The highest BCUT2D eigenvalue weighted by Gasteiger charge is 2.18. The number of rotatable bonds is 12. The number of esters is 2. The van der Waals surface area contributed by atoms with Gasteiger partial charge in [0.1, 0.15) is 11.5 Å². The lowest BCUT2D eigenvalue weighted by molar-refractivity contribution is -0.143. The van der Waals surface area contributed by atoms with Gasteiger partial charge < -0.3 is 14.2 Å². The van der Waals surface area contributed by atoms with Gasteiger partial charge in [0, 0.05) is 0 Å². The van der Waals surface area contributed by atoms with Crippen molar-refractivity contribution in [1.29, 1.82) is 0 Å². The second-order valence-corrected chi connectivity index (χ2v) is 11.0. The zero-order valence-electron chi connectivity index (χ0n) is 18.4. The normalized spacial score (nSPS) is 11.6. The van der Waals surface area contributed by atoms with Crippen molar-refractivity contribution in [2.75, 3.05) is 24.7 Å². The summed E-state index contributed by atoms with van der Waals surface area (Å²) in [6.45, 7) is 3.66. The molecule has 0 aromatic heterocycles. The molecule has 0 fully saturated rings. The van der Waals surface area contributed by atoms with Crippen LogP contribution in [0.3, 0.4) is 0 Å². The molecule has 0 aliphatic rings. The van der Waals surface area contributed by atoms with Crippen LogP contribution < -0.4 is 4.74 Å². The van der Waals surface area contributed by atoms with Gasteiger partial charge >= 0.3 is 11.9 Å². The molecule has 0 amide bonds. The Morgan fingerprint density at radius 1 is 0.636 bits per heavy atom. The molecule has 0 saturated carbocycles. The quantitative estimate of drug-likeness (QED) is 0.405. The molecule has 2 rings (SSSR count). The van der Waals surface area contributed by atoms with Gasteiger partial charge in [0.15, 0.2) is 19.7 Å². The van der Waals surface area contributed by atoms with Crippen LogP contribution in [0, 0.1) is 0 Å². The van der Waals surface area contributed by atoms with Gasteiger partial charge in [-0.1, -0.05) is 0 Å². The minimum atomic E-state index is -3.66. The van der Waals surface area contributed by atoms with Crippen molar-refractivity contribution in [3.63, 3.8) is 0 Å². The number of benzene rings is 2. The van der Waals surface area contributed by atoms with Gasteiger partial charge in [-0.3, -0.25) is 9.59 Å². The lowest BCUT2D eigenvalue weighted by atomic mass is 10.3. The molecule has 0 heterocycles. The van der Waals surface area contributed by atoms with Gasteiger partial charge in [-0.15, -0.1) is 0 Å². The SMILES string of the molecule is CCOC(=O)CCS(=O)(=O)c1ccc(Oc2ccc(S(=O)(=O)CCC(=O)OCC)cc2)cc1. The minimum Gasteiger partial charge on any atom is -0.466 e. The molecule has 2 aromatic carbocycles. The van der Waals surface area contributed by atoms with Gasteiger partial charge in [0.05, 0.1) is 47.4 Å². The van der Waals surface area contributed by atoms with Crippen LogP contribution in [-0.2, 0) is 38.7 Å². The Bertz CT molecular complexity index is 1060. The van der Waals surface area contributed by atoms with E-state index in [9.17, 15) is 26.4 Å². The highest BCUT2D eigenvalue weighted by molar-refractivity contribution is 7.91. The molecule has 0 saturated heterocycles. The first-order valence-electron chi connectivity index (χ1n) is 10.2. The van der Waals surface area contributed by atoms with Gasteiger partial charge in [-0.05, 0) is 62.4 Å². The van der Waals surface area contributed by atoms with Crippen LogP contribution in [0.4, 0.5) is 0 Å². The molecule has 0 N–H and O–H groups in total. The van der Waals surface area contributed by atoms with Crippen molar-refractivity contribution in [2.24, 2.45) is 0 Å². The zero-order chi connectivity index (χ0) is 24.5. The number of carbonyl (C=O) groups is 2. The molecule has 33 heavy (non-hydrogen) atoms. The number of ether oxygens (including phenoxy) is 3. The van der Waals surface area contributed by atoms with Gasteiger partial charge in [-0.25, -0.2) is 16.8 Å². The van der Waals surface area contributed by atoms with E-state index in [1.807, 2.05) is 0 Å². The van der Waals surface area contributed by atoms with Crippen molar-refractivity contribution in [1.82, 2.24) is 0 Å².